The fraction of sp³-hybridized carbons (Fsp3) is 0.846. The van der Waals surface area contributed by atoms with Gasteiger partial charge < -0.3 is 15.2 Å². The normalized spacial score (nSPS) is 24.4. The largest absolute Gasteiger partial charge is 0.481 e. The van der Waals surface area contributed by atoms with E-state index >= 15 is 0 Å². The second-order valence-corrected chi connectivity index (χ2v) is 5.54. The molecule has 1 saturated heterocycles. The van der Waals surface area contributed by atoms with Gasteiger partial charge >= 0.3 is 11.9 Å². The van der Waals surface area contributed by atoms with Gasteiger partial charge in [0.25, 0.3) is 0 Å². The molecule has 1 aliphatic heterocycles. The van der Waals surface area contributed by atoms with E-state index in [1.165, 1.54) is 7.11 Å². The Hall–Kier alpha value is -1.14. The number of carboxylic acid groups (broad SMARTS) is 1. The number of carbonyl (C=O) groups is 2. The molecule has 1 heterocycles. The highest BCUT2D eigenvalue weighted by Crippen LogP contribution is 2.17. The molecule has 2 unspecified atom stereocenters. The zero-order valence-corrected chi connectivity index (χ0v) is 11.9. The lowest BCUT2D eigenvalue weighted by Crippen LogP contribution is -2.52. The fourth-order valence-corrected chi connectivity index (χ4v) is 2.30. The van der Waals surface area contributed by atoms with Gasteiger partial charge in [0.15, 0.2) is 0 Å². The number of rotatable bonds is 6. The molecule has 1 aliphatic rings. The van der Waals surface area contributed by atoms with Crippen LogP contribution in [0.15, 0.2) is 0 Å². The maximum Gasteiger partial charge on any atom is 0.319 e. The summed E-state index contributed by atoms with van der Waals surface area (Å²) in [6.07, 6.45) is 0.611. The summed E-state index contributed by atoms with van der Waals surface area (Å²) >= 11 is 0. The van der Waals surface area contributed by atoms with Crippen molar-refractivity contribution < 1.29 is 19.4 Å². The molecule has 0 aromatic rings. The lowest BCUT2D eigenvalue weighted by Gasteiger charge is -2.36. The van der Waals surface area contributed by atoms with E-state index in [2.05, 4.69) is 23.9 Å². The van der Waals surface area contributed by atoms with E-state index in [0.29, 0.717) is 25.4 Å². The van der Waals surface area contributed by atoms with Crippen LogP contribution in [-0.4, -0.2) is 61.3 Å². The molecule has 2 atom stereocenters. The van der Waals surface area contributed by atoms with Gasteiger partial charge in [0, 0.05) is 19.1 Å². The van der Waals surface area contributed by atoms with Crippen LogP contribution in [0.2, 0.25) is 0 Å². The number of likely N-dealkylation sites (tertiary alicyclic amines) is 1. The van der Waals surface area contributed by atoms with Crippen molar-refractivity contribution in [3.8, 4) is 0 Å². The van der Waals surface area contributed by atoms with Crippen LogP contribution in [0.4, 0.5) is 0 Å². The average Bonchev–Trinajstić information content (AvgIpc) is 2.35. The topological polar surface area (TPSA) is 78.9 Å². The number of ether oxygens (including phenoxy) is 1. The first-order valence-corrected chi connectivity index (χ1v) is 6.67. The number of hydrogen-bond donors (Lipinski definition) is 2. The predicted molar refractivity (Wildman–Crippen MR) is 70.8 cm³/mol. The molecule has 6 nitrogen and oxygen atoms in total. The van der Waals surface area contributed by atoms with Crippen LogP contribution in [-0.2, 0) is 14.3 Å². The van der Waals surface area contributed by atoms with Gasteiger partial charge in [-0.05, 0) is 18.9 Å². The molecule has 1 rings (SSSR count). The summed E-state index contributed by atoms with van der Waals surface area (Å²) in [5.41, 5.74) is 0. The lowest BCUT2D eigenvalue weighted by molar-refractivity contribution is -0.148. The highest BCUT2D eigenvalue weighted by Gasteiger charge is 2.32. The number of nitrogens with one attached hydrogen (secondary N) is 1. The summed E-state index contributed by atoms with van der Waals surface area (Å²) in [7, 11) is 1.34. The Morgan fingerprint density at radius 1 is 1.42 bits per heavy atom. The molecule has 0 aromatic carbocycles. The zero-order valence-electron chi connectivity index (χ0n) is 11.9. The van der Waals surface area contributed by atoms with E-state index < -0.39 is 11.9 Å². The zero-order chi connectivity index (χ0) is 14.4. The Kier molecular flexibility index (Phi) is 6.24. The third-order valence-corrected chi connectivity index (χ3v) is 3.27. The van der Waals surface area contributed by atoms with Crippen LogP contribution >= 0.6 is 0 Å². The van der Waals surface area contributed by atoms with Gasteiger partial charge in [-0.1, -0.05) is 13.8 Å². The Balaban J connectivity index is 2.57. The maximum absolute atomic E-state index is 11.3. The fourth-order valence-electron chi connectivity index (χ4n) is 2.30. The second kappa shape index (κ2) is 7.45. The van der Waals surface area contributed by atoms with Crippen molar-refractivity contribution in [2.45, 2.75) is 26.3 Å². The van der Waals surface area contributed by atoms with Gasteiger partial charge in [-0.2, -0.15) is 0 Å². The van der Waals surface area contributed by atoms with E-state index in [-0.39, 0.29) is 18.6 Å². The van der Waals surface area contributed by atoms with E-state index in [1.807, 2.05) is 4.90 Å². The van der Waals surface area contributed by atoms with E-state index in [9.17, 15) is 14.7 Å². The van der Waals surface area contributed by atoms with Crippen LogP contribution in [0.1, 0.15) is 20.3 Å². The number of esters is 1. The van der Waals surface area contributed by atoms with Crippen molar-refractivity contribution in [2.75, 3.05) is 33.3 Å². The Bertz CT molecular complexity index is 320. The number of carboxylic acids is 1. The van der Waals surface area contributed by atoms with E-state index in [4.69, 9.17) is 0 Å². The summed E-state index contributed by atoms with van der Waals surface area (Å²) in [5.74, 6) is -1.04. The van der Waals surface area contributed by atoms with Crippen molar-refractivity contribution in [3.05, 3.63) is 0 Å². The van der Waals surface area contributed by atoms with E-state index in [0.717, 1.165) is 6.54 Å². The molecule has 0 saturated carbocycles. The van der Waals surface area contributed by atoms with Gasteiger partial charge in [0.05, 0.1) is 19.6 Å². The molecule has 0 aliphatic carbocycles. The molecule has 19 heavy (non-hydrogen) atoms. The summed E-state index contributed by atoms with van der Waals surface area (Å²) in [6, 6.07) is 0.113. The highest BCUT2D eigenvalue weighted by molar-refractivity contribution is 5.72. The minimum atomic E-state index is -0.800. The molecule has 6 heteroatoms. The minimum absolute atomic E-state index is 0.113. The van der Waals surface area contributed by atoms with Crippen molar-refractivity contribution in [3.63, 3.8) is 0 Å². The van der Waals surface area contributed by atoms with Crippen LogP contribution < -0.4 is 5.32 Å². The van der Waals surface area contributed by atoms with Gasteiger partial charge in [-0.15, -0.1) is 0 Å². The van der Waals surface area contributed by atoms with Crippen molar-refractivity contribution >= 4 is 11.9 Å². The van der Waals surface area contributed by atoms with Gasteiger partial charge in [-0.3, -0.25) is 14.5 Å². The monoisotopic (exact) mass is 272 g/mol. The number of nitrogens with zero attached hydrogens (tertiary/aromatic N) is 1. The molecule has 0 spiro atoms. The molecular weight excluding hydrogens is 248 g/mol. The van der Waals surface area contributed by atoms with Crippen molar-refractivity contribution in [1.82, 2.24) is 10.2 Å². The van der Waals surface area contributed by atoms with E-state index in [1.54, 1.807) is 0 Å². The third kappa shape index (κ3) is 5.57. The number of aliphatic carboxylic acids is 1. The lowest BCUT2D eigenvalue weighted by atomic mass is 9.94. The molecule has 0 bridgehead atoms. The van der Waals surface area contributed by atoms with Gasteiger partial charge in [-0.25, -0.2) is 0 Å². The molecule has 0 amide bonds. The quantitative estimate of drug-likeness (QED) is 0.672. The minimum Gasteiger partial charge on any atom is -0.481 e. The first kappa shape index (κ1) is 15.9. The average molecular weight is 272 g/mol. The first-order chi connectivity index (χ1) is 8.92. The highest BCUT2D eigenvalue weighted by atomic mass is 16.5. The summed E-state index contributed by atoms with van der Waals surface area (Å²) < 4.78 is 4.63. The third-order valence-electron chi connectivity index (χ3n) is 3.27. The van der Waals surface area contributed by atoms with Gasteiger partial charge in [0.2, 0.25) is 0 Å². The standard InChI is InChI=1S/C13H24N2O4/c1-9(2)5-14-11-4-10(13(17)18)6-15(7-11)8-12(16)19-3/h9-11,14H,4-8H2,1-3H3,(H,17,18). The van der Waals surface area contributed by atoms with Gasteiger partial charge in [0.1, 0.15) is 0 Å². The van der Waals surface area contributed by atoms with Crippen LogP contribution in [0.5, 0.6) is 0 Å². The summed E-state index contributed by atoms with van der Waals surface area (Å²) in [4.78, 5) is 24.3. The van der Waals surface area contributed by atoms with Crippen molar-refractivity contribution in [2.24, 2.45) is 11.8 Å². The number of methoxy groups -OCH3 is 1. The number of hydrogen-bond acceptors (Lipinski definition) is 5. The Morgan fingerprint density at radius 2 is 2.11 bits per heavy atom. The number of carbonyl (C=O) groups excluding carboxylic acids is 1. The van der Waals surface area contributed by atoms with Crippen LogP contribution in [0, 0.1) is 11.8 Å². The SMILES string of the molecule is COC(=O)CN1CC(NCC(C)C)CC(C(=O)O)C1. The second-order valence-electron chi connectivity index (χ2n) is 5.54. The Labute approximate surface area is 114 Å². The van der Waals surface area contributed by atoms with Crippen LogP contribution in [0.25, 0.3) is 0 Å². The molecule has 2 N–H and O–H groups in total. The Morgan fingerprint density at radius 3 is 2.63 bits per heavy atom. The summed E-state index contributed by atoms with van der Waals surface area (Å²) in [5, 5.41) is 12.5. The van der Waals surface area contributed by atoms with Crippen LogP contribution in [0.3, 0.4) is 0 Å². The molecule has 0 radical (unpaired) electrons. The smallest absolute Gasteiger partial charge is 0.319 e. The summed E-state index contributed by atoms with van der Waals surface area (Å²) in [6.45, 7) is 6.31. The molecule has 0 aromatic heterocycles. The molecular formula is C13H24N2O4. The predicted octanol–water partition coefficient (Wildman–Crippen LogP) is 0.180. The number of piperidine rings is 1. The maximum atomic E-state index is 11.3. The molecule has 110 valence electrons. The first-order valence-electron chi connectivity index (χ1n) is 6.67. The van der Waals surface area contributed by atoms with Crippen molar-refractivity contribution in [1.29, 1.82) is 0 Å². The molecule has 1 fully saturated rings.